The molecule has 0 atom stereocenters. The van der Waals surface area contributed by atoms with Gasteiger partial charge in [-0.15, -0.1) is 0 Å². The summed E-state index contributed by atoms with van der Waals surface area (Å²) in [4.78, 5) is 20.2. The fraction of sp³-hybridized carbons (Fsp3) is 0.579. The summed E-state index contributed by atoms with van der Waals surface area (Å²) in [5.41, 5.74) is 2.41. The van der Waals surface area contributed by atoms with Gasteiger partial charge in [-0.2, -0.15) is 0 Å². The first-order chi connectivity index (χ1) is 11.6. The van der Waals surface area contributed by atoms with Gasteiger partial charge in [-0.25, -0.2) is 0 Å². The quantitative estimate of drug-likeness (QED) is 0.617. The Morgan fingerprint density at radius 1 is 1.38 bits per heavy atom. The highest BCUT2D eigenvalue weighted by molar-refractivity contribution is 5.79. The molecule has 0 saturated carbocycles. The number of hydrogen-bond acceptors (Lipinski definition) is 2. The van der Waals surface area contributed by atoms with Crippen LogP contribution in [0.1, 0.15) is 43.7 Å². The highest BCUT2D eigenvalue weighted by Gasteiger charge is 2.19. The first-order valence-corrected chi connectivity index (χ1v) is 8.91. The molecule has 0 bridgehead atoms. The third-order valence-corrected chi connectivity index (χ3v) is 4.41. The van der Waals surface area contributed by atoms with Crippen LogP contribution in [0.15, 0.2) is 29.3 Å². The minimum absolute atomic E-state index is 0.275. The third kappa shape index (κ3) is 5.25. The molecule has 0 radical (unpaired) electrons. The third-order valence-electron chi connectivity index (χ3n) is 4.41. The van der Waals surface area contributed by atoms with Gasteiger partial charge in [0.05, 0.1) is 0 Å². The molecule has 1 aromatic carbocycles. The lowest BCUT2D eigenvalue weighted by molar-refractivity contribution is -0.128. The average molecular weight is 330 g/mol. The highest BCUT2D eigenvalue weighted by Crippen LogP contribution is 2.15. The number of hydrogen-bond donors (Lipinski definition) is 1. The highest BCUT2D eigenvalue weighted by atomic mass is 16.2. The van der Waals surface area contributed by atoms with E-state index in [0.717, 1.165) is 45.0 Å². The average Bonchev–Trinajstić information content (AvgIpc) is 2.98. The Bertz CT molecular complexity index is 570. The fourth-order valence-corrected chi connectivity index (χ4v) is 3.00. The molecule has 1 aromatic rings. The molecule has 0 aromatic heterocycles. The maximum Gasteiger partial charge on any atom is 0.222 e. The van der Waals surface area contributed by atoms with Crippen molar-refractivity contribution in [2.45, 2.75) is 45.7 Å². The standard InChI is InChI=1S/C19H30N4O/c1-4-5-11-22(3)19(20-2)21-14-16-8-6-9-17(13-16)15-23-12-7-10-18(23)24/h6,8-9,13H,4-5,7,10-12,14-15H2,1-3H3,(H,20,21). The van der Waals surface area contributed by atoms with Crippen molar-refractivity contribution in [2.24, 2.45) is 4.99 Å². The van der Waals surface area contributed by atoms with Gasteiger partial charge in [-0.3, -0.25) is 9.79 Å². The number of likely N-dealkylation sites (tertiary alicyclic amines) is 1. The first-order valence-electron chi connectivity index (χ1n) is 8.91. The number of amides is 1. The first kappa shape index (κ1) is 18.3. The zero-order chi connectivity index (χ0) is 17.4. The molecule has 1 heterocycles. The van der Waals surface area contributed by atoms with Gasteiger partial charge in [0.25, 0.3) is 0 Å². The second-order valence-electron chi connectivity index (χ2n) is 6.41. The van der Waals surface area contributed by atoms with Crippen LogP contribution in [-0.2, 0) is 17.9 Å². The van der Waals surface area contributed by atoms with Crippen LogP contribution in [0, 0.1) is 0 Å². The van der Waals surface area contributed by atoms with E-state index >= 15 is 0 Å². The van der Waals surface area contributed by atoms with Gasteiger partial charge < -0.3 is 15.1 Å². The molecule has 1 fully saturated rings. The number of unbranched alkanes of at least 4 members (excludes halogenated alkanes) is 1. The van der Waals surface area contributed by atoms with Crippen molar-refractivity contribution in [3.8, 4) is 0 Å². The number of guanidine groups is 1. The largest absolute Gasteiger partial charge is 0.352 e. The van der Waals surface area contributed by atoms with E-state index in [4.69, 9.17) is 0 Å². The number of rotatable bonds is 7. The van der Waals surface area contributed by atoms with E-state index in [0.29, 0.717) is 6.42 Å². The molecule has 1 aliphatic rings. The van der Waals surface area contributed by atoms with Crippen LogP contribution >= 0.6 is 0 Å². The predicted molar refractivity (Wildman–Crippen MR) is 98.8 cm³/mol. The Kier molecular flexibility index (Phi) is 7.09. The summed E-state index contributed by atoms with van der Waals surface area (Å²) in [6.07, 6.45) is 4.03. The Balaban J connectivity index is 1.90. The summed E-state index contributed by atoms with van der Waals surface area (Å²) in [5.74, 6) is 1.19. The molecule has 5 heteroatoms. The van der Waals surface area contributed by atoms with Crippen molar-refractivity contribution in [1.82, 2.24) is 15.1 Å². The van der Waals surface area contributed by atoms with Gasteiger partial charge in [0.15, 0.2) is 5.96 Å². The summed E-state index contributed by atoms with van der Waals surface area (Å²) in [5, 5.41) is 3.42. The minimum Gasteiger partial charge on any atom is -0.352 e. The van der Waals surface area contributed by atoms with Crippen LogP contribution < -0.4 is 5.32 Å². The predicted octanol–water partition coefficient (Wildman–Crippen LogP) is 2.62. The second kappa shape index (κ2) is 9.30. The maximum atomic E-state index is 11.8. The van der Waals surface area contributed by atoms with Crippen LogP contribution in [0.25, 0.3) is 0 Å². The summed E-state index contributed by atoms with van der Waals surface area (Å²) in [7, 11) is 3.89. The molecule has 1 N–H and O–H groups in total. The summed E-state index contributed by atoms with van der Waals surface area (Å²) >= 11 is 0. The molecule has 5 nitrogen and oxygen atoms in total. The van der Waals surface area contributed by atoms with Crippen molar-refractivity contribution >= 4 is 11.9 Å². The molecule has 24 heavy (non-hydrogen) atoms. The van der Waals surface area contributed by atoms with E-state index in [1.165, 1.54) is 17.5 Å². The Morgan fingerprint density at radius 2 is 2.17 bits per heavy atom. The van der Waals surface area contributed by atoms with Crippen LogP contribution in [0.3, 0.4) is 0 Å². The van der Waals surface area contributed by atoms with E-state index in [1.54, 1.807) is 0 Å². The van der Waals surface area contributed by atoms with Crippen LogP contribution in [0.4, 0.5) is 0 Å². The molecule has 0 spiro atoms. The number of carbonyl (C=O) groups excluding carboxylic acids is 1. The fourth-order valence-electron chi connectivity index (χ4n) is 3.00. The monoisotopic (exact) mass is 330 g/mol. The lowest BCUT2D eigenvalue weighted by atomic mass is 10.1. The topological polar surface area (TPSA) is 47.9 Å². The number of nitrogens with one attached hydrogen (secondary N) is 1. The SMILES string of the molecule is CCCCN(C)C(=NC)NCc1cccc(CN2CCCC2=O)c1. The van der Waals surface area contributed by atoms with Gasteiger partial charge in [0.2, 0.25) is 5.91 Å². The number of carbonyl (C=O) groups is 1. The minimum atomic E-state index is 0.275. The summed E-state index contributed by atoms with van der Waals surface area (Å²) in [6, 6.07) is 8.45. The van der Waals surface area contributed by atoms with Gasteiger partial charge >= 0.3 is 0 Å². The van der Waals surface area contributed by atoms with Crippen molar-refractivity contribution in [3.05, 3.63) is 35.4 Å². The normalized spacial score (nSPS) is 15.0. The molecule has 0 aliphatic carbocycles. The Labute approximate surface area is 145 Å². The lowest BCUT2D eigenvalue weighted by Crippen LogP contribution is -2.39. The van der Waals surface area contributed by atoms with Crippen molar-refractivity contribution in [2.75, 3.05) is 27.2 Å². The van der Waals surface area contributed by atoms with E-state index in [1.807, 2.05) is 11.9 Å². The van der Waals surface area contributed by atoms with E-state index in [-0.39, 0.29) is 5.91 Å². The van der Waals surface area contributed by atoms with Crippen LogP contribution in [0.2, 0.25) is 0 Å². The van der Waals surface area contributed by atoms with Gasteiger partial charge in [0.1, 0.15) is 0 Å². The number of benzene rings is 1. The number of nitrogens with zero attached hydrogens (tertiary/aromatic N) is 3. The second-order valence-corrected chi connectivity index (χ2v) is 6.41. The van der Waals surface area contributed by atoms with Gasteiger partial charge in [-0.1, -0.05) is 37.6 Å². The van der Waals surface area contributed by atoms with Gasteiger partial charge in [-0.05, 0) is 24.0 Å². The molecule has 1 saturated heterocycles. The molecule has 1 aliphatic heterocycles. The van der Waals surface area contributed by atoms with E-state index in [2.05, 4.69) is 53.4 Å². The maximum absolute atomic E-state index is 11.8. The summed E-state index contributed by atoms with van der Waals surface area (Å²) in [6.45, 7) is 5.55. The molecule has 2 rings (SSSR count). The summed E-state index contributed by atoms with van der Waals surface area (Å²) < 4.78 is 0. The smallest absolute Gasteiger partial charge is 0.222 e. The van der Waals surface area contributed by atoms with Crippen molar-refractivity contribution in [3.63, 3.8) is 0 Å². The van der Waals surface area contributed by atoms with Crippen LogP contribution in [0.5, 0.6) is 0 Å². The Morgan fingerprint density at radius 3 is 2.83 bits per heavy atom. The molecule has 1 amide bonds. The lowest BCUT2D eigenvalue weighted by Gasteiger charge is -2.22. The molecule has 0 unspecified atom stereocenters. The van der Waals surface area contributed by atoms with Gasteiger partial charge in [0, 0.05) is 46.7 Å². The van der Waals surface area contributed by atoms with Crippen molar-refractivity contribution < 1.29 is 4.79 Å². The molecule has 132 valence electrons. The van der Waals surface area contributed by atoms with Crippen molar-refractivity contribution in [1.29, 1.82) is 0 Å². The van der Waals surface area contributed by atoms with E-state index in [9.17, 15) is 4.79 Å². The zero-order valence-electron chi connectivity index (χ0n) is 15.2. The molecular weight excluding hydrogens is 300 g/mol. The van der Waals surface area contributed by atoms with Crippen LogP contribution in [-0.4, -0.2) is 48.9 Å². The Hall–Kier alpha value is -2.04. The zero-order valence-corrected chi connectivity index (χ0v) is 15.2. The number of aliphatic imine (C=N–C) groups is 1. The van der Waals surface area contributed by atoms with E-state index < -0.39 is 0 Å². The molecular formula is C19H30N4O.